The summed E-state index contributed by atoms with van der Waals surface area (Å²) in [6.45, 7) is 0.632. The molecule has 0 amide bonds. The summed E-state index contributed by atoms with van der Waals surface area (Å²) < 4.78 is 11.1. The molecule has 96 valence electrons. The van der Waals surface area contributed by atoms with Crippen molar-refractivity contribution in [3.8, 4) is 11.5 Å². The number of aromatic nitrogens is 1. The van der Waals surface area contributed by atoms with Gasteiger partial charge in [-0.2, -0.15) is 0 Å². The molecule has 0 bridgehead atoms. The highest BCUT2D eigenvalue weighted by atomic mass is 35.5. The van der Waals surface area contributed by atoms with Gasteiger partial charge in [0.05, 0.1) is 27.0 Å². The maximum Gasteiger partial charge on any atom is 0.162 e. The van der Waals surface area contributed by atoms with E-state index in [9.17, 15) is 0 Å². The van der Waals surface area contributed by atoms with Crippen molar-refractivity contribution in [2.45, 2.75) is 6.54 Å². The molecule has 1 aromatic carbocycles. The number of hydrogen-bond donors (Lipinski definition) is 1. The summed E-state index contributed by atoms with van der Waals surface area (Å²) >= 11 is 7.28. The average Bonchev–Trinajstić information content (AvgIpc) is 2.81. The lowest BCUT2D eigenvalue weighted by Gasteiger charge is -2.10. The first-order chi connectivity index (χ1) is 8.72. The fourth-order valence-corrected chi connectivity index (χ4v) is 2.39. The lowest BCUT2D eigenvalue weighted by Crippen LogP contribution is -1.99. The molecule has 0 aliphatic heterocycles. The Kier molecular flexibility index (Phi) is 4.28. The Morgan fingerprint density at radius 3 is 2.67 bits per heavy atom. The van der Waals surface area contributed by atoms with E-state index in [0.29, 0.717) is 22.4 Å². The zero-order chi connectivity index (χ0) is 13.0. The third-order valence-electron chi connectivity index (χ3n) is 2.35. The molecule has 1 aromatic heterocycles. The molecule has 6 heteroatoms. The number of nitrogens with one attached hydrogen (secondary N) is 1. The van der Waals surface area contributed by atoms with E-state index in [1.807, 2.05) is 18.2 Å². The Morgan fingerprint density at radius 1 is 1.28 bits per heavy atom. The molecule has 2 aromatic rings. The molecule has 0 saturated carbocycles. The van der Waals surface area contributed by atoms with E-state index in [4.69, 9.17) is 21.1 Å². The lowest BCUT2D eigenvalue weighted by atomic mass is 10.2. The van der Waals surface area contributed by atoms with Crippen LogP contribution in [0.5, 0.6) is 11.5 Å². The molecule has 1 heterocycles. The van der Waals surface area contributed by atoms with Gasteiger partial charge in [-0.25, -0.2) is 4.98 Å². The third-order valence-corrected chi connectivity index (χ3v) is 3.47. The van der Waals surface area contributed by atoms with Crippen molar-refractivity contribution in [3.05, 3.63) is 33.7 Å². The van der Waals surface area contributed by atoms with Crippen LogP contribution in [0.15, 0.2) is 24.4 Å². The second-order valence-electron chi connectivity index (χ2n) is 3.48. The molecule has 0 aliphatic carbocycles. The summed E-state index contributed by atoms with van der Waals surface area (Å²) in [5.41, 5.74) is 0.943. The van der Waals surface area contributed by atoms with E-state index in [1.54, 1.807) is 20.4 Å². The first-order valence-electron chi connectivity index (χ1n) is 5.29. The van der Waals surface area contributed by atoms with E-state index < -0.39 is 0 Å². The maximum absolute atomic E-state index is 5.82. The van der Waals surface area contributed by atoms with Gasteiger partial charge in [-0.15, -0.1) is 11.3 Å². The van der Waals surface area contributed by atoms with Crippen LogP contribution < -0.4 is 14.8 Å². The van der Waals surface area contributed by atoms with Crippen molar-refractivity contribution < 1.29 is 9.47 Å². The van der Waals surface area contributed by atoms with Crippen molar-refractivity contribution in [2.24, 2.45) is 0 Å². The Morgan fingerprint density at radius 2 is 2.06 bits per heavy atom. The molecule has 0 spiro atoms. The van der Waals surface area contributed by atoms with E-state index in [2.05, 4.69) is 10.3 Å². The SMILES string of the molecule is COc1ccc(NCc2ncc(Cl)s2)cc1OC. The van der Waals surface area contributed by atoms with E-state index in [1.165, 1.54) is 11.3 Å². The molecule has 0 saturated heterocycles. The molecule has 4 nitrogen and oxygen atoms in total. The molecule has 0 aliphatic rings. The largest absolute Gasteiger partial charge is 0.493 e. The fourth-order valence-electron chi connectivity index (χ4n) is 1.49. The summed E-state index contributed by atoms with van der Waals surface area (Å²) in [4.78, 5) is 4.18. The van der Waals surface area contributed by atoms with Crippen LogP contribution in [0.25, 0.3) is 0 Å². The normalized spacial score (nSPS) is 10.2. The molecule has 0 atom stereocenters. The fraction of sp³-hybridized carbons (Fsp3) is 0.250. The number of halogens is 1. The minimum absolute atomic E-state index is 0.632. The number of rotatable bonds is 5. The van der Waals surface area contributed by atoms with Gasteiger partial charge < -0.3 is 14.8 Å². The second kappa shape index (κ2) is 5.93. The lowest BCUT2D eigenvalue weighted by molar-refractivity contribution is 0.355. The number of anilines is 1. The zero-order valence-electron chi connectivity index (χ0n) is 10.1. The van der Waals surface area contributed by atoms with Gasteiger partial charge in [0.25, 0.3) is 0 Å². The van der Waals surface area contributed by atoms with Gasteiger partial charge in [-0.3, -0.25) is 0 Å². The second-order valence-corrected chi connectivity index (χ2v) is 5.23. The van der Waals surface area contributed by atoms with Crippen LogP contribution in [0.1, 0.15) is 5.01 Å². The van der Waals surface area contributed by atoms with Crippen LogP contribution in [0.4, 0.5) is 5.69 Å². The summed E-state index contributed by atoms with van der Waals surface area (Å²) in [6, 6.07) is 5.67. The standard InChI is InChI=1S/C12H13ClN2O2S/c1-16-9-4-3-8(5-10(9)17-2)14-7-12-15-6-11(13)18-12/h3-6,14H,7H2,1-2H3. The number of ether oxygens (including phenoxy) is 2. The summed E-state index contributed by atoms with van der Waals surface area (Å²) in [5.74, 6) is 1.40. The van der Waals surface area contributed by atoms with Crippen molar-refractivity contribution in [1.29, 1.82) is 0 Å². The molecule has 0 unspecified atom stereocenters. The van der Waals surface area contributed by atoms with Crippen LogP contribution in [0.2, 0.25) is 4.34 Å². The van der Waals surface area contributed by atoms with Crippen LogP contribution in [0, 0.1) is 0 Å². The minimum Gasteiger partial charge on any atom is -0.493 e. The Balaban J connectivity index is 2.05. The van der Waals surface area contributed by atoms with Gasteiger partial charge in [0.1, 0.15) is 9.34 Å². The molecule has 18 heavy (non-hydrogen) atoms. The Labute approximate surface area is 115 Å². The van der Waals surface area contributed by atoms with E-state index in [-0.39, 0.29) is 0 Å². The average molecular weight is 285 g/mol. The summed E-state index contributed by atoms with van der Waals surface area (Å²) in [5, 5.41) is 4.19. The van der Waals surface area contributed by atoms with Gasteiger partial charge in [0.2, 0.25) is 0 Å². The van der Waals surface area contributed by atoms with Gasteiger partial charge in [-0.05, 0) is 12.1 Å². The molecule has 2 rings (SSSR count). The maximum atomic E-state index is 5.82. The Bertz CT molecular complexity index is 531. The number of nitrogens with zero attached hydrogens (tertiary/aromatic N) is 1. The van der Waals surface area contributed by atoms with Crippen LogP contribution in [-0.4, -0.2) is 19.2 Å². The zero-order valence-corrected chi connectivity index (χ0v) is 11.6. The van der Waals surface area contributed by atoms with Crippen molar-refractivity contribution in [1.82, 2.24) is 4.98 Å². The number of hydrogen-bond acceptors (Lipinski definition) is 5. The molecule has 0 radical (unpaired) electrons. The number of benzene rings is 1. The van der Waals surface area contributed by atoms with E-state index in [0.717, 1.165) is 10.7 Å². The highest BCUT2D eigenvalue weighted by Gasteiger charge is 2.05. The summed E-state index contributed by atoms with van der Waals surface area (Å²) in [7, 11) is 3.23. The molecular formula is C12H13ClN2O2S. The Hall–Kier alpha value is -1.46. The van der Waals surface area contributed by atoms with Gasteiger partial charge in [-0.1, -0.05) is 11.6 Å². The van der Waals surface area contributed by atoms with Crippen molar-refractivity contribution in [3.63, 3.8) is 0 Å². The third kappa shape index (κ3) is 3.05. The molecular weight excluding hydrogens is 272 g/mol. The highest BCUT2D eigenvalue weighted by molar-refractivity contribution is 7.15. The molecule has 1 N–H and O–H groups in total. The predicted octanol–water partition coefficient (Wildman–Crippen LogP) is 3.43. The van der Waals surface area contributed by atoms with Gasteiger partial charge in [0, 0.05) is 11.8 Å². The topological polar surface area (TPSA) is 43.4 Å². The number of methoxy groups -OCH3 is 2. The first kappa shape index (κ1) is 13.0. The predicted molar refractivity (Wildman–Crippen MR) is 74.0 cm³/mol. The van der Waals surface area contributed by atoms with Crippen molar-refractivity contribution >= 4 is 28.6 Å². The monoisotopic (exact) mass is 284 g/mol. The van der Waals surface area contributed by atoms with Crippen LogP contribution in [0.3, 0.4) is 0 Å². The van der Waals surface area contributed by atoms with Gasteiger partial charge in [0.15, 0.2) is 11.5 Å². The number of thiazole rings is 1. The van der Waals surface area contributed by atoms with E-state index >= 15 is 0 Å². The summed E-state index contributed by atoms with van der Waals surface area (Å²) in [6.07, 6.45) is 1.65. The smallest absolute Gasteiger partial charge is 0.162 e. The van der Waals surface area contributed by atoms with Gasteiger partial charge >= 0.3 is 0 Å². The van der Waals surface area contributed by atoms with Crippen LogP contribution in [-0.2, 0) is 6.54 Å². The highest BCUT2D eigenvalue weighted by Crippen LogP contribution is 2.30. The van der Waals surface area contributed by atoms with Crippen LogP contribution >= 0.6 is 22.9 Å². The minimum atomic E-state index is 0.632. The first-order valence-corrected chi connectivity index (χ1v) is 6.48. The van der Waals surface area contributed by atoms with Crippen molar-refractivity contribution in [2.75, 3.05) is 19.5 Å². The quantitative estimate of drug-likeness (QED) is 0.913. The molecule has 0 fully saturated rings.